The number of carbonyl (C=O) groups excluding carboxylic acids is 2. The maximum atomic E-state index is 14.8. The second-order valence-corrected chi connectivity index (χ2v) is 9.53. The van der Waals surface area contributed by atoms with Gasteiger partial charge in [0.15, 0.2) is 5.82 Å². The van der Waals surface area contributed by atoms with Gasteiger partial charge in [-0.15, -0.1) is 0 Å². The number of aromatic nitrogens is 2. The molecule has 3 N–H and O–H groups in total. The van der Waals surface area contributed by atoms with Crippen LogP contribution in [-0.4, -0.2) is 54.0 Å². The molecule has 2 heterocycles. The van der Waals surface area contributed by atoms with E-state index >= 15 is 0 Å². The van der Waals surface area contributed by atoms with Gasteiger partial charge in [0.25, 0.3) is 5.91 Å². The smallest absolute Gasteiger partial charge is 0.328 e. The summed E-state index contributed by atoms with van der Waals surface area (Å²) < 4.78 is 42.9. The average Bonchev–Trinajstić information content (AvgIpc) is 2.95. The van der Waals surface area contributed by atoms with Crippen LogP contribution in [0.3, 0.4) is 0 Å². The Hall–Kier alpha value is -4.97. The van der Waals surface area contributed by atoms with Crippen molar-refractivity contribution in [3.63, 3.8) is 0 Å². The molecule has 0 atom stereocenters. The number of halogens is 3. The lowest BCUT2D eigenvalue weighted by Crippen LogP contribution is -2.43. The van der Waals surface area contributed by atoms with Crippen molar-refractivity contribution in [2.75, 3.05) is 42.7 Å². The standard InChI is InChI=1S/C29H26F3N7O2/c1-38(2)15-14-33-28-36-24(17-6-8-18(9-7-17)27(40)35-20-12-10-19(30)11-13-20)21-16-34-29(41)39(26(21)37-28)25-22(31)4-3-5-23(25)32/h3-13H,14-16H2,1-2H3,(H,34,41)(H,35,40)(H,33,36,37). The third-order valence-corrected chi connectivity index (χ3v) is 6.34. The van der Waals surface area contributed by atoms with Crippen LogP contribution in [0.25, 0.3) is 11.3 Å². The number of para-hydroxylation sites is 1. The highest BCUT2D eigenvalue weighted by atomic mass is 19.1. The number of hydrogen-bond acceptors (Lipinski definition) is 6. The van der Waals surface area contributed by atoms with Gasteiger partial charge in [0.1, 0.15) is 23.1 Å². The van der Waals surface area contributed by atoms with Crippen LogP contribution >= 0.6 is 0 Å². The fourth-order valence-corrected chi connectivity index (χ4v) is 4.29. The summed E-state index contributed by atoms with van der Waals surface area (Å²) in [6.07, 6.45) is 0. The number of amides is 3. The number of urea groups is 1. The minimum Gasteiger partial charge on any atom is -0.353 e. The highest BCUT2D eigenvalue weighted by Crippen LogP contribution is 2.38. The zero-order valence-corrected chi connectivity index (χ0v) is 22.2. The Morgan fingerprint density at radius 3 is 2.32 bits per heavy atom. The van der Waals surface area contributed by atoms with Crippen molar-refractivity contribution in [3.8, 4) is 11.3 Å². The van der Waals surface area contributed by atoms with Crippen molar-refractivity contribution in [2.24, 2.45) is 0 Å². The molecule has 0 fully saturated rings. The van der Waals surface area contributed by atoms with Crippen molar-refractivity contribution in [1.29, 1.82) is 0 Å². The molecule has 3 aromatic carbocycles. The SMILES string of the molecule is CN(C)CCNc1nc(-c2ccc(C(=O)Nc3ccc(F)cc3)cc2)c2c(n1)N(c1c(F)cccc1F)C(=O)NC2. The average molecular weight is 562 g/mol. The van der Waals surface area contributed by atoms with Gasteiger partial charge in [-0.3, -0.25) is 4.79 Å². The van der Waals surface area contributed by atoms with Crippen LogP contribution in [-0.2, 0) is 6.54 Å². The lowest BCUT2D eigenvalue weighted by molar-refractivity contribution is 0.102. The highest BCUT2D eigenvalue weighted by molar-refractivity contribution is 6.05. The van der Waals surface area contributed by atoms with E-state index in [9.17, 15) is 22.8 Å². The van der Waals surface area contributed by atoms with Crippen molar-refractivity contribution >= 4 is 35.1 Å². The summed E-state index contributed by atoms with van der Waals surface area (Å²) in [5.41, 5.74) is 1.66. The van der Waals surface area contributed by atoms with Crippen LogP contribution in [0, 0.1) is 17.5 Å². The molecular weight excluding hydrogens is 535 g/mol. The molecule has 1 aliphatic heterocycles. The number of hydrogen-bond donors (Lipinski definition) is 3. The zero-order chi connectivity index (χ0) is 29.1. The van der Waals surface area contributed by atoms with E-state index in [-0.39, 0.29) is 18.3 Å². The molecule has 0 unspecified atom stereocenters. The quantitative estimate of drug-likeness (QED) is 0.275. The molecule has 0 saturated carbocycles. The Balaban J connectivity index is 1.54. The van der Waals surface area contributed by atoms with Gasteiger partial charge in [-0.1, -0.05) is 18.2 Å². The number of rotatable bonds is 8. The molecule has 0 bridgehead atoms. The van der Waals surface area contributed by atoms with E-state index in [1.165, 1.54) is 30.3 Å². The molecule has 0 saturated heterocycles. The summed E-state index contributed by atoms with van der Waals surface area (Å²) in [6.45, 7) is 1.13. The summed E-state index contributed by atoms with van der Waals surface area (Å²) in [4.78, 5) is 37.6. The van der Waals surface area contributed by atoms with E-state index in [0.717, 1.165) is 17.0 Å². The van der Waals surface area contributed by atoms with Crippen LogP contribution in [0.1, 0.15) is 15.9 Å². The topological polar surface area (TPSA) is 102 Å². The first-order valence-electron chi connectivity index (χ1n) is 12.7. The van der Waals surface area contributed by atoms with E-state index in [0.29, 0.717) is 41.2 Å². The number of anilines is 4. The Kier molecular flexibility index (Phi) is 7.83. The molecule has 41 heavy (non-hydrogen) atoms. The van der Waals surface area contributed by atoms with Gasteiger partial charge < -0.3 is 20.9 Å². The summed E-state index contributed by atoms with van der Waals surface area (Å²) in [7, 11) is 3.81. The van der Waals surface area contributed by atoms with Crippen LogP contribution in [0.4, 0.5) is 41.1 Å². The molecule has 3 amide bonds. The molecule has 12 heteroatoms. The van der Waals surface area contributed by atoms with Crippen LogP contribution in [0.2, 0.25) is 0 Å². The lowest BCUT2D eigenvalue weighted by atomic mass is 10.0. The van der Waals surface area contributed by atoms with Gasteiger partial charge >= 0.3 is 6.03 Å². The van der Waals surface area contributed by atoms with Gasteiger partial charge in [0.2, 0.25) is 5.95 Å². The number of fused-ring (bicyclic) bond motifs is 1. The summed E-state index contributed by atoms with van der Waals surface area (Å²) >= 11 is 0. The minimum atomic E-state index is -0.924. The van der Waals surface area contributed by atoms with Crippen molar-refractivity contribution < 1.29 is 22.8 Å². The monoisotopic (exact) mass is 561 g/mol. The Labute approximate surface area is 234 Å². The molecule has 9 nitrogen and oxygen atoms in total. The third-order valence-electron chi connectivity index (χ3n) is 6.34. The van der Waals surface area contributed by atoms with Crippen molar-refractivity contribution in [3.05, 3.63) is 95.3 Å². The first kappa shape index (κ1) is 27.6. The fraction of sp³-hybridized carbons (Fsp3) is 0.172. The fourth-order valence-electron chi connectivity index (χ4n) is 4.29. The van der Waals surface area contributed by atoms with Gasteiger partial charge in [-0.05, 0) is 62.6 Å². The molecular formula is C29H26F3N7O2. The molecule has 210 valence electrons. The summed E-state index contributed by atoms with van der Waals surface area (Å²) in [6, 6.07) is 14.6. The van der Waals surface area contributed by atoms with E-state index in [1.807, 2.05) is 19.0 Å². The van der Waals surface area contributed by atoms with Gasteiger partial charge in [0, 0.05) is 35.5 Å². The largest absolute Gasteiger partial charge is 0.353 e. The number of nitrogens with one attached hydrogen (secondary N) is 3. The molecule has 0 aliphatic carbocycles. The first-order valence-corrected chi connectivity index (χ1v) is 12.7. The molecule has 4 aromatic rings. The maximum Gasteiger partial charge on any atom is 0.328 e. The van der Waals surface area contributed by atoms with E-state index in [1.54, 1.807) is 24.3 Å². The van der Waals surface area contributed by atoms with Crippen LogP contribution < -0.4 is 20.9 Å². The normalized spacial score (nSPS) is 12.6. The first-order chi connectivity index (χ1) is 19.7. The summed E-state index contributed by atoms with van der Waals surface area (Å²) in [5, 5.41) is 8.46. The predicted molar refractivity (Wildman–Crippen MR) is 150 cm³/mol. The van der Waals surface area contributed by atoms with E-state index in [2.05, 4.69) is 25.9 Å². The summed E-state index contributed by atoms with van der Waals surface area (Å²) in [5.74, 6) is -2.46. The minimum absolute atomic E-state index is 0.0147. The lowest BCUT2D eigenvalue weighted by Gasteiger charge is -2.30. The number of benzene rings is 3. The predicted octanol–water partition coefficient (Wildman–Crippen LogP) is 5.15. The maximum absolute atomic E-state index is 14.8. The molecule has 0 radical (unpaired) electrons. The van der Waals surface area contributed by atoms with Gasteiger partial charge in [-0.2, -0.15) is 4.98 Å². The van der Waals surface area contributed by atoms with Gasteiger partial charge in [-0.25, -0.2) is 27.8 Å². The highest BCUT2D eigenvalue weighted by Gasteiger charge is 2.34. The third kappa shape index (κ3) is 5.97. The second-order valence-electron chi connectivity index (χ2n) is 9.53. The van der Waals surface area contributed by atoms with E-state index < -0.39 is 35.1 Å². The molecule has 1 aliphatic rings. The molecule has 5 rings (SSSR count). The van der Waals surface area contributed by atoms with E-state index in [4.69, 9.17) is 0 Å². The van der Waals surface area contributed by atoms with Crippen molar-refractivity contribution in [2.45, 2.75) is 6.54 Å². The number of nitrogens with zero attached hydrogens (tertiary/aromatic N) is 4. The molecule has 0 spiro atoms. The Bertz CT molecular complexity index is 1580. The Morgan fingerprint density at radius 1 is 0.976 bits per heavy atom. The van der Waals surface area contributed by atoms with Gasteiger partial charge in [0.05, 0.1) is 12.2 Å². The second kappa shape index (κ2) is 11.6. The van der Waals surface area contributed by atoms with Crippen LogP contribution in [0.15, 0.2) is 66.7 Å². The number of carbonyl (C=O) groups is 2. The van der Waals surface area contributed by atoms with Crippen molar-refractivity contribution in [1.82, 2.24) is 20.2 Å². The molecule has 1 aromatic heterocycles. The number of likely N-dealkylation sites (N-methyl/N-ethyl adjacent to an activating group) is 1. The Morgan fingerprint density at radius 2 is 1.66 bits per heavy atom. The zero-order valence-electron chi connectivity index (χ0n) is 22.2. The van der Waals surface area contributed by atoms with Crippen LogP contribution in [0.5, 0.6) is 0 Å².